The van der Waals surface area contributed by atoms with Crippen LogP contribution in [0.1, 0.15) is 17.3 Å². The van der Waals surface area contributed by atoms with Gasteiger partial charge in [0, 0.05) is 13.0 Å². The Morgan fingerprint density at radius 2 is 1.93 bits per heavy atom. The first-order valence-electron chi connectivity index (χ1n) is 4.05. The van der Waals surface area contributed by atoms with Gasteiger partial charge in [-0.3, -0.25) is 0 Å². The molecule has 0 saturated heterocycles. The fourth-order valence-electron chi connectivity index (χ4n) is 0.804. The van der Waals surface area contributed by atoms with Gasteiger partial charge in [-0.2, -0.15) is 0 Å². The van der Waals surface area contributed by atoms with Crippen LogP contribution in [0.4, 0.5) is 0 Å². The standard InChI is InChI=1S/C5H7NO.C4H4ClNO/c1-4-3-7-5(2)6-4;1-3-2-4(5)7-6-3/h3H,1-2H3;2H,1H3. The van der Waals surface area contributed by atoms with Crippen LogP contribution in [-0.4, -0.2) is 10.1 Å². The maximum absolute atomic E-state index is 5.33. The number of oxazole rings is 1. The molecule has 0 atom stereocenters. The molecule has 2 aromatic rings. The van der Waals surface area contributed by atoms with Crippen molar-refractivity contribution >= 4 is 11.6 Å². The molecule has 0 amide bonds. The lowest BCUT2D eigenvalue weighted by Crippen LogP contribution is -1.67. The highest BCUT2D eigenvalue weighted by Gasteiger charge is 1.90. The largest absolute Gasteiger partial charge is 0.449 e. The lowest BCUT2D eigenvalue weighted by Gasteiger charge is -1.68. The Labute approximate surface area is 86.9 Å². The van der Waals surface area contributed by atoms with Gasteiger partial charge < -0.3 is 8.94 Å². The Balaban J connectivity index is 0.000000140. The molecule has 4 nitrogen and oxygen atoms in total. The second kappa shape index (κ2) is 4.81. The van der Waals surface area contributed by atoms with E-state index in [1.807, 2.05) is 20.8 Å². The fraction of sp³-hybridized carbons (Fsp3) is 0.333. The first-order valence-corrected chi connectivity index (χ1v) is 4.43. The third-order valence-corrected chi connectivity index (χ3v) is 1.51. The molecule has 0 N–H and O–H groups in total. The summed E-state index contributed by atoms with van der Waals surface area (Å²) in [5.41, 5.74) is 1.75. The molecule has 76 valence electrons. The van der Waals surface area contributed by atoms with Gasteiger partial charge >= 0.3 is 0 Å². The second-order valence-corrected chi connectivity index (χ2v) is 3.15. The smallest absolute Gasteiger partial charge is 0.226 e. The predicted molar refractivity (Wildman–Crippen MR) is 52.2 cm³/mol. The van der Waals surface area contributed by atoms with Gasteiger partial charge in [-0.25, -0.2) is 4.98 Å². The molecule has 0 aliphatic carbocycles. The van der Waals surface area contributed by atoms with Gasteiger partial charge in [0.2, 0.25) is 5.22 Å². The highest BCUT2D eigenvalue weighted by molar-refractivity contribution is 6.28. The third kappa shape index (κ3) is 3.62. The van der Waals surface area contributed by atoms with Gasteiger partial charge in [0.15, 0.2) is 5.89 Å². The average Bonchev–Trinajstić information content (AvgIpc) is 2.63. The number of aromatic nitrogens is 2. The summed E-state index contributed by atoms with van der Waals surface area (Å²) in [5.74, 6) is 0.734. The second-order valence-electron chi connectivity index (χ2n) is 2.78. The van der Waals surface area contributed by atoms with Crippen molar-refractivity contribution in [2.75, 3.05) is 0 Å². The van der Waals surface area contributed by atoms with Crippen LogP contribution < -0.4 is 0 Å². The summed E-state index contributed by atoms with van der Waals surface area (Å²) >= 11 is 5.33. The number of halogens is 1. The Morgan fingerprint density at radius 1 is 1.21 bits per heavy atom. The Bertz CT molecular complexity index is 324. The van der Waals surface area contributed by atoms with Gasteiger partial charge in [0.25, 0.3) is 0 Å². The van der Waals surface area contributed by atoms with Crippen LogP contribution in [0, 0.1) is 20.8 Å². The van der Waals surface area contributed by atoms with Crippen LogP contribution in [0.25, 0.3) is 0 Å². The van der Waals surface area contributed by atoms with E-state index in [1.165, 1.54) is 0 Å². The molecular formula is C9H11ClN2O2. The van der Waals surface area contributed by atoms with Crippen LogP contribution in [0.2, 0.25) is 5.22 Å². The molecule has 0 saturated carbocycles. The van der Waals surface area contributed by atoms with Gasteiger partial charge in [0.05, 0.1) is 11.4 Å². The number of hydrogen-bond acceptors (Lipinski definition) is 4. The van der Waals surface area contributed by atoms with E-state index < -0.39 is 0 Å². The predicted octanol–water partition coefficient (Wildman–Crippen LogP) is 2.93. The van der Waals surface area contributed by atoms with Crippen LogP contribution in [0.5, 0.6) is 0 Å². The molecule has 0 aromatic carbocycles. The van der Waals surface area contributed by atoms with Crippen LogP contribution in [0.3, 0.4) is 0 Å². The summed E-state index contributed by atoms with van der Waals surface area (Å²) in [7, 11) is 0. The summed E-state index contributed by atoms with van der Waals surface area (Å²) in [6, 6.07) is 1.65. The van der Waals surface area contributed by atoms with Crippen molar-refractivity contribution in [2.24, 2.45) is 0 Å². The van der Waals surface area contributed by atoms with E-state index in [0.29, 0.717) is 5.22 Å². The molecular weight excluding hydrogens is 204 g/mol. The van der Waals surface area contributed by atoms with Gasteiger partial charge in [-0.05, 0) is 25.4 Å². The molecule has 5 heteroatoms. The summed E-state index contributed by atoms with van der Waals surface area (Å²) < 4.78 is 9.33. The first-order chi connectivity index (χ1) is 6.58. The SMILES string of the molecule is Cc1cc(Cl)on1.Cc1coc(C)n1. The van der Waals surface area contributed by atoms with E-state index in [2.05, 4.69) is 14.7 Å². The van der Waals surface area contributed by atoms with E-state index in [1.54, 1.807) is 12.3 Å². The van der Waals surface area contributed by atoms with Crippen molar-refractivity contribution in [3.63, 3.8) is 0 Å². The topological polar surface area (TPSA) is 52.1 Å². The fourth-order valence-corrected chi connectivity index (χ4v) is 0.997. The Morgan fingerprint density at radius 3 is 2.07 bits per heavy atom. The average molecular weight is 215 g/mol. The molecule has 0 bridgehead atoms. The highest BCUT2D eigenvalue weighted by Crippen LogP contribution is 2.06. The molecule has 2 aromatic heterocycles. The summed E-state index contributed by atoms with van der Waals surface area (Å²) in [6.45, 7) is 5.54. The normalized spacial score (nSPS) is 9.43. The molecule has 0 aliphatic heterocycles. The Hall–Kier alpha value is -1.29. The van der Waals surface area contributed by atoms with Crippen molar-refractivity contribution in [1.82, 2.24) is 10.1 Å². The lowest BCUT2D eigenvalue weighted by atomic mass is 10.5. The monoisotopic (exact) mass is 214 g/mol. The van der Waals surface area contributed by atoms with Crippen molar-refractivity contribution in [3.8, 4) is 0 Å². The minimum Gasteiger partial charge on any atom is -0.449 e. The molecule has 14 heavy (non-hydrogen) atoms. The maximum atomic E-state index is 5.33. The van der Waals surface area contributed by atoms with E-state index in [0.717, 1.165) is 17.3 Å². The Kier molecular flexibility index (Phi) is 3.71. The van der Waals surface area contributed by atoms with E-state index in [4.69, 9.17) is 16.0 Å². The van der Waals surface area contributed by atoms with Crippen LogP contribution in [0.15, 0.2) is 21.3 Å². The van der Waals surface area contributed by atoms with Crippen molar-refractivity contribution in [2.45, 2.75) is 20.8 Å². The molecule has 0 aliphatic rings. The van der Waals surface area contributed by atoms with E-state index in [9.17, 15) is 0 Å². The van der Waals surface area contributed by atoms with Crippen LogP contribution >= 0.6 is 11.6 Å². The van der Waals surface area contributed by atoms with Gasteiger partial charge in [0.1, 0.15) is 6.26 Å². The maximum Gasteiger partial charge on any atom is 0.226 e. The number of nitrogens with zero attached hydrogens (tertiary/aromatic N) is 2. The summed E-state index contributed by atoms with van der Waals surface area (Å²) in [5, 5.41) is 3.85. The van der Waals surface area contributed by atoms with Crippen LogP contribution in [-0.2, 0) is 0 Å². The van der Waals surface area contributed by atoms with E-state index in [-0.39, 0.29) is 0 Å². The quantitative estimate of drug-likeness (QED) is 0.677. The molecule has 0 fully saturated rings. The molecule has 2 heterocycles. The van der Waals surface area contributed by atoms with Crippen molar-refractivity contribution < 1.29 is 8.94 Å². The third-order valence-electron chi connectivity index (χ3n) is 1.33. The zero-order valence-electron chi connectivity index (χ0n) is 8.24. The minimum atomic E-state index is 0.345. The number of aryl methyl sites for hydroxylation is 3. The van der Waals surface area contributed by atoms with Gasteiger partial charge in [-0.1, -0.05) is 5.16 Å². The van der Waals surface area contributed by atoms with Crippen molar-refractivity contribution in [3.05, 3.63) is 34.8 Å². The lowest BCUT2D eigenvalue weighted by molar-refractivity contribution is 0.417. The minimum absolute atomic E-state index is 0.345. The summed E-state index contributed by atoms with van der Waals surface area (Å²) in [6.07, 6.45) is 1.63. The first kappa shape index (κ1) is 10.8. The number of rotatable bonds is 0. The zero-order valence-corrected chi connectivity index (χ0v) is 9.00. The molecule has 2 rings (SSSR count). The van der Waals surface area contributed by atoms with Crippen molar-refractivity contribution in [1.29, 1.82) is 0 Å². The van der Waals surface area contributed by atoms with E-state index >= 15 is 0 Å². The summed E-state index contributed by atoms with van der Waals surface area (Å²) in [4.78, 5) is 3.94. The molecule has 0 radical (unpaired) electrons. The molecule has 0 spiro atoms. The molecule has 0 unspecified atom stereocenters. The number of hydrogen-bond donors (Lipinski definition) is 0. The highest BCUT2D eigenvalue weighted by atomic mass is 35.5. The zero-order chi connectivity index (χ0) is 10.6. The van der Waals surface area contributed by atoms with Gasteiger partial charge in [-0.15, -0.1) is 0 Å².